The number of aromatic nitrogens is 3. The third-order valence-corrected chi connectivity index (χ3v) is 4.99. The van der Waals surface area contributed by atoms with Crippen LogP contribution in [0, 0.1) is 11.6 Å². The zero-order valence-corrected chi connectivity index (χ0v) is 16.4. The van der Waals surface area contributed by atoms with E-state index in [1.165, 1.54) is 23.9 Å². The normalized spacial score (nSPS) is 12.9. The molecule has 3 aromatic rings. The Morgan fingerprint density at radius 2 is 2.17 bits per heavy atom. The van der Waals surface area contributed by atoms with E-state index in [9.17, 15) is 13.6 Å². The van der Waals surface area contributed by atoms with Crippen LogP contribution in [-0.4, -0.2) is 39.3 Å². The number of halogens is 2. The maximum absolute atomic E-state index is 14.5. The standard InChI is InChI=1S/C20H18F2N4O2S/c1-29-11-17(27)24-16-9-12(5-6-23-16)18-19(14-4-3-13(21)10-15(14)22)25-26-7-2-8-28-20(18)26/h3-6,9-10H,2,7-8,11H2,1H3,(H,23,24,27). The molecule has 9 heteroatoms. The fraction of sp³-hybridized carbons (Fsp3) is 0.250. The van der Waals surface area contributed by atoms with Gasteiger partial charge in [0.25, 0.3) is 0 Å². The number of ether oxygens (including phenoxy) is 1. The highest BCUT2D eigenvalue weighted by Gasteiger charge is 2.26. The second-order valence-electron chi connectivity index (χ2n) is 6.49. The molecule has 3 heterocycles. The molecule has 29 heavy (non-hydrogen) atoms. The molecule has 1 amide bonds. The van der Waals surface area contributed by atoms with Crippen molar-refractivity contribution in [2.24, 2.45) is 0 Å². The van der Waals surface area contributed by atoms with Crippen molar-refractivity contribution in [3.8, 4) is 28.3 Å². The summed E-state index contributed by atoms with van der Waals surface area (Å²) in [5, 5.41) is 7.27. The smallest absolute Gasteiger partial charge is 0.235 e. The second-order valence-corrected chi connectivity index (χ2v) is 7.36. The van der Waals surface area contributed by atoms with Gasteiger partial charge in [-0.2, -0.15) is 16.9 Å². The predicted octanol–water partition coefficient (Wildman–Crippen LogP) is 3.97. The number of anilines is 1. The molecule has 0 unspecified atom stereocenters. The van der Waals surface area contributed by atoms with Crippen molar-refractivity contribution in [2.75, 3.05) is 23.9 Å². The molecule has 0 saturated carbocycles. The minimum Gasteiger partial charge on any atom is -0.477 e. The van der Waals surface area contributed by atoms with Crippen LogP contribution in [0.1, 0.15) is 6.42 Å². The molecule has 1 aromatic carbocycles. The van der Waals surface area contributed by atoms with Crippen molar-refractivity contribution in [1.29, 1.82) is 0 Å². The van der Waals surface area contributed by atoms with Crippen LogP contribution in [0.15, 0.2) is 36.5 Å². The molecule has 0 atom stereocenters. The van der Waals surface area contributed by atoms with Crippen LogP contribution in [0.25, 0.3) is 22.4 Å². The molecule has 0 saturated heterocycles. The van der Waals surface area contributed by atoms with Gasteiger partial charge in [0.1, 0.15) is 23.1 Å². The molecular formula is C20H18F2N4O2S. The van der Waals surface area contributed by atoms with E-state index in [1.54, 1.807) is 23.0 Å². The average Bonchev–Trinajstić information content (AvgIpc) is 3.07. The molecule has 1 aliphatic heterocycles. The van der Waals surface area contributed by atoms with Gasteiger partial charge in [-0.05, 0) is 36.1 Å². The van der Waals surface area contributed by atoms with Crippen LogP contribution in [0.4, 0.5) is 14.6 Å². The summed E-state index contributed by atoms with van der Waals surface area (Å²) in [4.78, 5) is 16.1. The minimum atomic E-state index is -0.704. The van der Waals surface area contributed by atoms with Gasteiger partial charge < -0.3 is 10.1 Å². The zero-order valence-electron chi connectivity index (χ0n) is 15.6. The first-order valence-corrected chi connectivity index (χ1v) is 10.4. The lowest BCUT2D eigenvalue weighted by molar-refractivity contribution is -0.113. The highest BCUT2D eigenvalue weighted by molar-refractivity contribution is 7.99. The van der Waals surface area contributed by atoms with Crippen LogP contribution in [0.2, 0.25) is 0 Å². The number of pyridine rings is 1. The van der Waals surface area contributed by atoms with Crippen LogP contribution >= 0.6 is 11.8 Å². The van der Waals surface area contributed by atoms with E-state index in [4.69, 9.17) is 4.74 Å². The fourth-order valence-electron chi connectivity index (χ4n) is 3.22. The van der Waals surface area contributed by atoms with Crippen molar-refractivity contribution < 1.29 is 18.3 Å². The molecule has 4 rings (SSSR count). The van der Waals surface area contributed by atoms with Gasteiger partial charge in [0.05, 0.1) is 17.9 Å². The Bertz CT molecular complexity index is 1070. The third kappa shape index (κ3) is 3.95. The number of aryl methyl sites for hydroxylation is 1. The van der Waals surface area contributed by atoms with Crippen LogP contribution in [0.5, 0.6) is 5.88 Å². The van der Waals surface area contributed by atoms with Crippen molar-refractivity contribution in [3.05, 3.63) is 48.2 Å². The van der Waals surface area contributed by atoms with E-state index >= 15 is 0 Å². The molecule has 6 nitrogen and oxygen atoms in total. The number of carbonyl (C=O) groups is 1. The Labute approximate surface area is 170 Å². The highest BCUT2D eigenvalue weighted by atomic mass is 32.2. The Morgan fingerprint density at radius 1 is 1.31 bits per heavy atom. The largest absolute Gasteiger partial charge is 0.477 e. The van der Waals surface area contributed by atoms with Crippen LogP contribution < -0.4 is 10.1 Å². The first-order chi connectivity index (χ1) is 14.1. The van der Waals surface area contributed by atoms with E-state index in [0.717, 1.165) is 12.5 Å². The molecule has 1 N–H and O–H groups in total. The molecule has 1 aliphatic rings. The monoisotopic (exact) mass is 416 g/mol. The predicted molar refractivity (Wildman–Crippen MR) is 108 cm³/mol. The summed E-state index contributed by atoms with van der Waals surface area (Å²) < 4.78 is 35.5. The molecule has 0 aliphatic carbocycles. The first kappa shape index (κ1) is 19.4. The quantitative estimate of drug-likeness (QED) is 0.682. The van der Waals surface area contributed by atoms with E-state index in [0.29, 0.717) is 47.4 Å². The third-order valence-electron chi connectivity index (χ3n) is 4.44. The summed E-state index contributed by atoms with van der Waals surface area (Å²) in [6.45, 7) is 1.15. The molecule has 150 valence electrons. The first-order valence-electron chi connectivity index (χ1n) is 9.01. The fourth-order valence-corrected chi connectivity index (χ4v) is 3.56. The van der Waals surface area contributed by atoms with E-state index in [1.807, 2.05) is 6.26 Å². The topological polar surface area (TPSA) is 69.0 Å². The van der Waals surface area contributed by atoms with E-state index < -0.39 is 11.6 Å². The van der Waals surface area contributed by atoms with Gasteiger partial charge in [0.15, 0.2) is 0 Å². The van der Waals surface area contributed by atoms with Gasteiger partial charge in [0.2, 0.25) is 11.8 Å². The average molecular weight is 416 g/mol. The molecule has 0 radical (unpaired) electrons. The summed E-state index contributed by atoms with van der Waals surface area (Å²) in [6.07, 6.45) is 4.18. The number of fused-ring (bicyclic) bond motifs is 1. The molecule has 2 aromatic heterocycles. The summed E-state index contributed by atoms with van der Waals surface area (Å²) >= 11 is 1.41. The lowest BCUT2D eigenvalue weighted by Crippen LogP contribution is -2.15. The van der Waals surface area contributed by atoms with E-state index in [-0.39, 0.29) is 11.5 Å². The summed E-state index contributed by atoms with van der Waals surface area (Å²) in [6, 6.07) is 6.83. The van der Waals surface area contributed by atoms with Crippen LogP contribution in [-0.2, 0) is 11.3 Å². The second kappa shape index (κ2) is 8.20. The van der Waals surface area contributed by atoms with Gasteiger partial charge in [-0.1, -0.05) is 0 Å². The van der Waals surface area contributed by atoms with Crippen LogP contribution in [0.3, 0.4) is 0 Å². The number of rotatable bonds is 5. The number of nitrogens with zero attached hydrogens (tertiary/aromatic N) is 3. The summed E-state index contributed by atoms with van der Waals surface area (Å²) in [7, 11) is 0. The Kier molecular flexibility index (Phi) is 5.48. The van der Waals surface area contributed by atoms with Gasteiger partial charge in [-0.25, -0.2) is 18.4 Å². The van der Waals surface area contributed by atoms with Gasteiger partial charge >= 0.3 is 0 Å². The number of thioether (sulfide) groups is 1. The lowest BCUT2D eigenvalue weighted by Gasteiger charge is -2.16. The zero-order chi connectivity index (χ0) is 20.4. The van der Waals surface area contributed by atoms with Gasteiger partial charge in [-0.15, -0.1) is 0 Å². The molecule has 0 fully saturated rings. The van der Waals surface area contributed by atoms with E-state index in [2.05, 4.69) is 15.4 Å². The van der Waals surface area contributed by atoms with Gasteiger partial charge in [-0.3, -0.25) is 4.79 Å². The molecule has 0 bridgehead atoms. The minimum absolute atomic E-state index is 0.166. The maximum atomic E-state index is 14.5. The lowest BCUT2D eigenvalue weighted by atomic mass is 10.0. The number of amides is 1. The Morgan fingerprint density at radius 3 is 2.97 bits per heavy atom. The summed E-state index contributed by atoms with van der Waals surface area (Å²) in [5.41, 5.74) is 1.78. The maximum Gasteiger partial charge on any atom is 0.235 e. The number of hydrogen-bond acceptors (Lipinski definition) is 5. The number of nitrogens with one attached hydrogen (secondary N) is 1. The Balaban J connectivity index is 1.83. The Hall–Kier alpha value is -2.94. The molecule has 0 spiro atoms. The summed E-state index contributed by atoms with van der Waals surface area (Å²) in [5.74, 6) is -0.324. The van der Waals surface area contributed by atoms with Crippen molar-refractivity contribution in [2.45, 2.75) is 13.0 Å². The SMILES string of the molecule is CSCC(=O)Nc1cc(-c2c(-c3ccc(F)cc3F)nn3c2OCCC3)ccn1. The number of benzene rings is 1. The van der Waals surface area contributed by atoms with Crippen molar-refractivity contribution in [3.63, 3.8) is 0 Å². The van der Waals surface area contributed by atoms with Crippen molar-refractivity contribution in [1.82, 2.24) is 14.8 Å². The van der Waals surface area contributed by atoms with Crippen molar-refractivity contribution >= 4 is 23.5 Å². The number of hydrogen-bond donors (Lipinski definition) is 1. The highest BCUT2D eigenvalue weighted by Crippen LogP contribution is 2.41. The van der Waals surface area contributed by atoms with Gasteiger partial charge in [0, 0.05) is 30.8 Å². The number of carbonyl (C=O) groups excluding carboxylic acids is 1. The molecular weight excluding hydrogens is 398 g/mol.